The van der Waals surface area contributed by atoms with Crippen LogP contribution in [-0.2, 0) is 13.5 Å². The second kappa shape index (κ2) is 8.05. The third-order valence-corrected chi connectivity index (χ3v) is 4.44. The first-order valence-electron chi connectivity index (χ1n) is 7.34. The Labute approximate surface area is 126 Å². The molecule has 1 heterocycles. The molecule has 1 rings (SSSR count). The summed E-state index contributed by atoms with van der Waals surface area (Å²) in [5.74, 6) is 1.42. The number of aryl methyl sites for hydroxylation is 2. The standard InChI is InChI=1S/C15H28BrN3/c1-6-7-17-10-13(8-11(2)3)9-14-15(16)12(4)18-19(14)5/h11,13,17H,6-10H2,1-5H3. The number of rotatable bonds is 8. The van der Waals surface area contributed by atoms with Crippen LogP contribution in [0.2, 0.25) is 0 Å². The molecule has 1 atom stereocenters. The van der Waals surface area contributed by atoms with Crippen molar-refractivity contribution in [3.8, 4) is 0 Å². The van der Waals surface area contributed by atoms with E-state index in [1.54, 1.807) is 0 Å². The van der Waals surface area contributed by atoms with Gasteiger partial charge in [-0.15, -0.1) is 0 Å². The van der Waals surface area contributed by atoms with Gasteiger partial charge in [0.1, 0.15) is 0 Å². The molecular weight excluding hydrogens is 302 g/mol. The molecule has 0 radical (unpaired) electrons. The monoisotopic (exact) mass is 329 g/mol. The molecule has 3 nitrogen and oxygen atoms in total. The predicted octanol–water partition coefficient (Wildman–Crippen LogP) is 3.70. The second-order valence-corrected chi connectivity index (χ2v) is 6.67. The van der Waals surface area contributed by atoms with Crippen LogP contribution in [0.5, 0.6) is 0 Å². The topological polar surface area (TPSA) is 29.9 Å². The van der Waals surface area contributed by atoms with E-state index in [2.05, 4.69) is 54.0 Å². The molecule has 0 saturated heterocycles. The van der Waals surface area contributed by atoms with Crippen LogP contribution >= 0.6 is 15.9 Å². The smallest absolute Gasteiger partial charge is 0.0738 e. The highest BCUT2D eigenvalue weighted by Crippen LogP contribution is 2.25. The predicted molar refractivity (Wildman–Crippen MR) is 85.5 cm³/mol. The molecule has 0 amide bonds. The number of aromatic nitrogens is 2. The lowest BCUT2D eigenvalue weighted by molar-refractivity contribution is 0.378. The fourth-order valence-electron chi connectivity index (χ4n) is 2.56. The van der Waals surface area contributed by atoms with Gasteiger partial charge in [-0.1, -0.05) is 20.8 Å². The van der Waals surface area contributed by atoms with Crippen LogP contribution < -0.4 is 5.32 Å². The molecular formula is C15H28BrN3. The third-order valence-electron chi connectivity index (χ3n) is 3.41. The highest BCUT2D eigenvalue weighted by Gasteiger charge is 2.17. The molecule has 0 aliphatic heterocycles. The van der Waals surface area contributed by atoms with Crippen LogP contribution in [-0.4, -0.2) is 22.9 Å². The van der Waals surface area contributed by atoms with Crippen molar-refractivity contribution in [1.82, 2.24) is 15.1 Å². The summed E-state index contributed by atoms with van der Waals surface area (Å²) in [5, 5.41) is 8.05. The van der Waals surface area contributed by atoms with E-state index in [1.807, 2.05) is 11.7 Å². The summed E-state index contributed by atoms with van der Waals surface area (Å²) in [6.45, 7) is 11.1. The summed E-state index contributed by atoms with van der Waals surface area (Å²) in [7, 11) is 2.04. The van der Waals surface area contributed by atoms with Gasteiger partial charge in [0.15, 0.2) is 0 Å². The Morgan fingerprint density at radius 2 is 2.05 bits per heavy atom. The number of nitrogens with zero attached hydrogens (tertiary/aromatic N) is 2. The molecule has 1 unspecified atom stereocenters. The third kappa shape index (κ3) is 5.27. The Bertz CT molecular complexity index is 385. The maximum absolute atomic E-state index is 4.49. The lowest BCUT2D eigenvalue weighted by Crippen LogP contribution is -2.26. The number of halogens is 1. The minimum atomic E-state index is 0.678. The zero-order chi connectivity index (χ0) is 14.4. The molecule has 110 valence electrons. The highest BCUT2D eigenvalue weighted by molar-refractivity contribution is 9.10. The minimum absolute atomic E-state index is 0.678. The van der Waals surface area contributed by atoms with Crippen LogP contribution in [0.25, 0.3) is 0 Å². The molecule has 1 N–H and O–H groups in total. The van der Waals surface area contributed by atoms with Gasteiger partial charge in [-0.05, 0) is 67.0 Å². The van der Waals surface area contributed by atoms with E-state index in [4.69, 9.17) is 0 Å². The van der Waals surface area contributed by atoms with Gasteiger partial charge in [-0.25, -0.2) is 0 Å². The normalized spacial score (nSPS) is 13.2. The minimum Gasteiger partial charge on any atom is -0.316 e. The molecule has 1 aromatic heterocycles. The summed E-state index contributed by atoms with van der Waals surface area (Å²) in [5.41, 5.74) is 2.41. The fourth-order valence-corrected chi connectivity index (χ4v) is 3.06. The molecule has 0 aliphatic rings. The van der Waals surface area contributed by atoms with E-state index in [9.17, 15) is 0 Å². The van der Waals surface area contributed by atoms with Gasteiger partial charge < -0.3 is 5.32 Å². The first-order chi connectivity index (χ1) is 8.95. The number of hydrogen-bond acceptors (Lipinski definition) is 2. The van der Waals surface area contributed by atoms with Crippen LogP contribution in [0.4, 0.5) is 0 Å². The van der Waals surface area contributed by atoms with Crippen molar-refractivity contribution in [3.63, 3.8) is 0 Å². The van der Waals surface area contributed by atoms with Crippen molar-refractivity contribution < 1.29 is 0 Å². The molecule has 0 spiro atoms. The molecule has 0 fully saturated rings. The Kier molecular flexibility index (Phi) is 7.08. The molecule has 0 saturated carbocycles. The maximum atomic E-state index is 4.49. The zero-order valence-corrected chi connectivity index (χ0v) is 14.5. The molecule has 0 bridgehead atoms. The van der Waals surface area contributed by atoms with Crippen molar-refractivity contribution in [2.45, 2.75) is 47.0 Å². The van der Waals surface area contributed by atoms with Gasteiger partial charge in [0.25, 0.3) is 0 Å². The quantitative estimate of drug-likeness (QED) is 0.737. The first-order valence-corrected chi connectivity index (χ1v) is 8.13. The zero-order valence-electron chi connectivity index (χ0n) is 13.0. The largest absolute Gasteiger partial charge is 0.316 e. The van der Waals surface area contributed by atoms with Gasteiger partial charge in [0, 0.05) is 7.05 Å². The molecule has 1 aromatic rings. The molecule has 0 aromatic carbocycles. The molecule has 4 heteroatoms. The fraction of sp³-hybridized carbons (Fsp3) is 0.800. The first kappa shape index (κ1) is 16.7. The Hall–Kier alpha value is -0.350. The maximum Gasteiger partial charge on any atom is 0.0738 e. The van der Waals surface area contributed by atoms with Crippen molar-refractivity contribution in [3.05, 3.63) is 15.9 Å². The Balaban J connectivity index is 2.69. The van der Waals surface area contributed by atoms with Crippen LogP contribution in [0.15, 0.2) is 4.47 Å². The van der Waals surface area contributed by atoms with Gasteiger partial charge in [-0.3, -0.25) is 4.68 Å². The van der Waals surface area contributed by atoms with Gasteiger partial charge in [0.2, 0.25) is 0 Å². The lowest BCUT2D eigenvalue weighted by atomic mass is 9.92. The van der Waals surface area contributed by atoms with Crippen LogP contribution in [0.1, 0.15) is 45.0 Å². The van der Waals surface area contributed by atoms with Crippen LogP contribution in [0, 0.1) is 18.8 Å². The van der Waals surface area contributed by atoms with Gasteiger partial charge in [0.05, 0.1) is 15.9 Å². The van der Waals surface area contributed by atoms with E-state index in [-0.39, 0.29) is 0 Å². The van der Waals surface area contributed by atoms with Crippen molar-refractivity contribution in [2.75, 3.05) is 13.1 Å². The average Bonchev–Trinajstić information content (AvgIpc) is 2.55. The van der Waals surface area contributed by atoms with E-state index < -0.39 is 0 Å². The SMILES string of the molecule is CCCNCC(Cc1c(Br)c(C)nn1C)CC(C)C. The second-order valence-electron chi connectivity index (χ2n) is 5.87. The Morgan fingerprint density at radius 3 is 2.53 bits per heavy atom. The molecule has 0 aliphatic carbocycles. The van der Waals surface area contributed by atoms with Gasteiger partial charge in [-0.2, -0.15) is 5.10 Å². The van der Waals surface area contributed by atoms with Crippen molar-refractivity contribution in [1.29, 1.82) is 0 Å². The summed E-state index contributed by atoms with van der Waals surface area (Å²) < 4.78 is 3.20. The van der Waals surface area contributed by atoms with E-state index in [1.165, 1.54) is 23.0 Å². The lowest BCUT2D eigenvalue weighted by Gasteiger charge is -2.20. The van der Waals surface area contributed by atoms with Crippen LogP contribution in [0.3, 0.4) is 0 Å². The summed E-state index contributed by atoms with van der Waals surface area (Å²) >= 11 is 3.67. The average molecular weight is 330 g/mol. The summed E-state index contributed by atoms with van der Waals surface area (Å²) in [4.78, 5) is 0. The summed E-state index contributed by atoms with van der Waals surface area (Å²) in [6, 6.07) is 0. The van der Waals surface area contributed by atoms with E-state index >= 15 is 0 Å². The number of hydrogen-bond donors (Lipinski definition) is 1. The van der Waals surface area contributed by atoms with Crippen molar-refractivity contribution >= 4 is 15.9 Å². The van der Waals surface area contributed by atoms with Crippen molar-refractivity contribution in [2.24, 2.45) is 18.9 Å². The Morgan fingerprint density at radius 1 is 1.37 bits per heavy atom. The highest BCUT2D eigenvalue weighted by atomic mass is 79.9. The number of nitrogens with one attached hydrogen (secondary N) is 1. The summed E-state index contributed by atoms with van der Waals surface area (Å²) in [6.07, 6.45) is 3.54. The molecule has 19 heavy (non-hydrogen) atoms. The van der Waals surface area contributed by atoms with Gasteiger partial charge >= 0.3 is 0 Å². The van der Waals surface area contributed by atoms with E-state index in [0.717, 1.165) is 31.1 Å². The van der Waals surface area contributed by atoms with E-state index in [0.29, 0.717) is 5.92 Å².